The summed E-state index contributed by atoms with van der Waals surface area (Å²) >= 11 is 0. The molecule has 0 saturated carbocycles. The van der Waals surface area contributed by atoms with Crippen LogP contribution in [0.4, 0.5) is 11.4 Å². The Kier molecular flexibility index (Phi) is 5.85. The first-order chi connectivity index (χ1) is 11.9. The van der Waals surface area contributed by atoms with Gasteiger partial charge in [0, 0.05) is 25.7 Å². The zero-order chi connectivity index (χ0) is 18.4. The zero-order valence-electron chi connectivity index (χ0n) is 14.6. The van der Waals surface area contributed by atoms with Gasteiger partial charge in [-0.2, -0.15) is 5.26 Å². The van der Waals surface area contributed by atoms with E-state index in [2.05, 4.69) is 11.1 Å². The highest BCUT2D eigenvalue weighted by atomic mass is 16.6. The number of aliphatic imine (C=N–C) groups is 1. The second kappa shape index (κ2) is 8.06. The van der Waals surface area contributed by atoms with Crippen LogP contribution in [0.3, 0.4) is 0 Å². The molecule has 0 spiro atoms. The zero-order valence-corrected chi connectivity index (χ0v) is 14.6. The highest BCUT2D eigenvalue weighted by Gasteiger charge is 2.10. The van der Waals surface area contributed by atoms with Crippen LogP contribution in [0.5, 0.6) is 0 Å². The minimum Gasteiger partial charge on any atom is -0.366 e. The number of non-ortho nitro benzene ring substituents is 1. The van der Waals surface area contributed by atoms with Crippen molar-refractivity contribution in [3.63, 3.8) is 0 Å². The summed E-state index contributed by atoms with van der Waals surface area (Å²) < 4.78 is 0. The van der Waals surface area contributed by atoms with Gasteiger partial charge < -0.3 is 4.90 Å². The first-order valence-corrected chi connectivity index (χ1v) is 7.96. The van der Waals surface area contributed by atoms with Gasteiger partial charge in [0.1, 0.15) is 0 Å². The Balaban J connectivity index is 2.40. The first kappa shape index (κ1) is 18.1. The maximum atomic E-state index is 10.9. The number of hydrogen-bond acceptors (Lipinski definition) is 4. The highest BCUT2D eigenvalue weighted by molar-refractivity contribution is 5.65. The van der Waals surface area contributed by atoms with Crippen LogP contribution in [-0.4, -0.2) is 29.8 Å². The van der Waals surface area contributed by atoms with Gasteiger partial charge in [-0.05, 0) is 49.1 Å². The Labute approximate surface area is 147 Å². The quantitative estimate of drug-likeness (QED) is 0.346. The second-order valence-electron chi connectivity index (χ2n) is 5.81. The predicted octanol–water partition coefficient (Wildman–Crippen LogP) is 3.98. The Morgan fingerprint density at radius 3 is 2.76 bits per heavy atom. The van der Waals surface area contributed by atoms with Crippen LogP contribution in [0.15, 0.2) is 41.4 Å². The van der Waals surface area contributed by atoms with Crippen molar-refractivity contribution in [2.24, 2.45) is 4.99 Å². The van der Waals surface area contributed by atoms with E-state index in [-0.39, 0.29) is 5.69 Å². The van der Waals surface area contributed by atoms with Crippen molar-refractivity contribution in [3.8, 4) is 6.07 Å². The molecule has 6 heteroatoms. The summed E-state index contributed by atoms with van der Waals surface area (Å²) in [6, 6.07) is 12.3. The van der Waals surface area contributed by atoms with E-state index in [1.54, 1.807) is 24.5 Å². The second-order valence-corrected chi connectivity index (χ2v) is 5.81. The third-order valence-electron chi connectivity index (χ3n) is 4.03. The highest BCUT2D eigenvalue weighted by Crippen LogP contribution is 2.27. The number of nitrogens with zero attached hydrogens (tertiary/aromatic N) is 4. The molecule has 0 radical (unpaired) electrons. The molecule has 0 aliphatic rings. The van der Waals surface area contributed by atoms with Gasteiger partial charge in [0.2, 0.25) is 0 Å². The van der Waals surface area contributed by atoms with Gasteiger partial charge in [0.15, 0.2) is 0 Å². The molecule has 0 atom stereocenters. The molecular formula is C19H20N4O2. The Bertz CT molecular complexity index is 853. The van der Waals surface area contributed by atoms with Gasteiger partial charge in [0.25, 0.3) is 5.69 Å². The van der Waals surface area contributed by atoms with Crippen molar-refractivity contribution in [1.82, 2.24) is 4.90 Å². The van der Waals surface area contributed by atoms with Crippen LogP contribution in [0.25, 0.3) is 0 Å². The number of benzene rings is 2. The molecule has 6 nitrogen and oxygen atoms in total. The summed E-state index contributed by atoms with van der Waals surface area (Å²) in [7, 11) is 1.93. The number of hydrogen-bond donors (Lipinski definition) is 0. The standard InChI is InChI=1S/C19H20N4O2/c1-4-22(3)13-21-19-11-16(12-20)9-17(14(19)2)8-15-6-5-7-18(10-15)23(24)25/h5-7,9-11,13H,4,8H2,1-3H3/b21-13-. The molecule has 0 heterocycles. The topological polar surface area (TPSA) is 82.5 Å². The molecule has 25 heavy (non-hydrogen) atoms. The molecule has 2 aromatic rings. The number of nitro benzene ring substituents is 1. The summed E-state index contributed by atoms with van der Waals surface area (Å²) in [5, 5.41) is 20.2. The molecule has 2 aromatic carbocycles. The van der Waals surface area contributed by atoms with E-state index >= 15 is 0 Å². The van der Waals surface area contributed by atoms with Gasteiger partial charge in [0.05, 0.1) is 28.6 Å². The third kappa shape index (κ3) is 4.64. The molecule has 128 valence electrons. The van der Waals surface area contributed by atoms with E-state index in [4.69, 9.17) is 0 Å². The fourth-order valence-electron chi connectivity index (χ4n) is 2.38. The average molecular weight is 336 g/mol. The fraction of sp³-hybridized carbons (Fsp3) is 0.263. The summed E-state index contributed by atoms with van der Waals surface area (Å²) in [5.41, 5.74) is 4.05. The molecular weight excluding hydrogens is 316 g/mol. The van der Waals surface area contributed by atoms with E-state index in [9.17, 15) is 15.4 Å². The van der Waals surface area contributed by atoms with E-state index < -0.39 is 4.92 Å². The largest absolute Gasteiger partial charge is 0.366 e. The van der Waals surface area contributed by atoms with Crippen molar-refractivity contribution in [1.29, 1.82) is 5.26 Å². The van der Waals surface area contributed by atoms with Crippen molar-refractivity contribution >= 4 is 17.7 Å². The van der Waals surface area contributed by atoms with Crippen molar-refractivity contribution < 1.29 is 4.92 Å². The Morgan fingerprint density at radius 1 is 1.36 bits per heavy atom. The van der Waals surface area contributed by atoms with Gasteiger partial charge >= 0.3 is 0 Å². The van der Waals surface area contributed by atoms with Crippen LogP contribution < -0.4 is 0 Å². The number of rotatable bonds is 6. The molecule has 0 N–H and O–H groups in total. The smallest absolute Gasteiger partial charge is 0.269 e. The lowest BCUT2D eigenvalue weighted by atomic mass is 9.97. The molecule has 0 unspecified atom stereocenters. The lowest BCUT2D eigenvalue weighted by Crippen LogP contribution is -2.14. The maximum Gasteiger partial charge on any atom is 0.269 e. The van der Waals surface area contributed by atoms with Gasteiger partial charge in [-0.15, -0.1) is 0 Å². The van der Waals surface area contributed by atoms with Crippen LogP contribution in [0.1, 0.15) is 29.2 Å². The minimum absolute atomic E-state index is 0.0643. The monoisotopic (exact) mass is 336 g/mol. The molecule has 2 rings (SSSR count). The van der Waals surface area contributed by atoms with Crippen LogP contribution >= 0.6 is 0 Å². The summed E-state index contributed by atoms with van der Waals surface area (Å²) in [4.78, 5) is 17.0. The fourth-order valence-corrected chi connectivity index (χ4v) is 2.38. The van der Waals surface area contributed by atoms with E-state index in [0.717, 1.165) is 28.9 Å². The van der Waals surface area contributed by atoms with Crippen LogP contribution in [0.2, 0.25) is 0 Å². The van der Waals surface area contributed by atoms with Crippen molar-refractivity contribution in [2.45, 2.75) is 20.3 Å². The van der Waals surface area contributed by atoms with Crippen molar-refractivity contribution in [2.75, 3.05) is 13.6 Å². The SMILES string of the molecule is CCN(C)/C=N\c1cc(C#N)cc(Cc2cccc([N+](=O)[O-])c2)c1C. The summed E-state index contributed by atoms with van der Waals surface area (Å²) in [6.07, 6.45) is 2.25. The Morgan fingerprint density at radius 2 is 2.12 bits per heavy atom. The lowest BCUT2D eigenvalue weighted by Gasteiger charge is -2.12. The third-order valence-corrected chi connectivity index (χ3v) is 4.03. The van der Waals surface area contributed by atoms with Crippen LogP contribution in [0, 0.1) is 28.4 Å². The molecule has 0 amide bonds. The van der Waals surface area contributed by atoms with Crippen LogP contribution in [-0.2, 0) is 6.42 Å². The molecule has 0 aliphatic carbocycles. The number of nitro groups is 1. The molecule has 0 saturated heterocycles. The predicted molar refractivity (Wildman–Crippen MR) is 98.3 cm³/mol. The normalized spacial score (nSPS) is 10.6. The number of nitriles is 1. The molecule has 0 fully saturated rings. The van der Waals surface area contributed by atoms with Gasteiger partial charge in [-0.25, -0.2) is 4.99 Å². The molecule has 0 aliphatic heterocycles. The first-order valence-electron chi connectivity index (χ1n) is 7.96. The summed E-state index contributed by atoms with van der Waals surface area (Å²) in [6.45, 7) is 4.81. The molecule has 0 bridgehead atoms. The minimum atomic E-state index is -0.404. The van der Waals surface area contributed by atoms with E-state index in [1.807, 2.05) is 37.9 Å². The maximum absolute atomic E-state index is 10.9. The molecule has 0 aromatic heterocycles. The lowest BCUT2D eigenvalue weighted by molar-refractivity contribution is -0.384. The Hall–Kier alpha value is -3.20. The van der Waals surface area contributed by atoms with Crippen molar-refractivity contribution in [3.05, 3.63) is 68.8 Å². The average Bonchev–Trinajstić information content (AvgIpc) is 2.62. The van der Waals surface area contributed by atoms with E-state index in [1.165, 1.54) is 6.07 Å². The van der Waals surface area contributed by atoms with Gasteiger partial charge in [-0.1, -0.05) is 12.1 Å². The van der Waals surface area contributed by atoms with E-state index in [0.29, 0.717) is 12.0 Å². The van der Waals surface area contributed by atoms with Gasteiger partial charge in [-0.3, -0.25) is 10.1 Å². The summed E-state index contributed by atoms with van der Waals surface area (Å²) in [5.74, 6) is 0.